The molecule has 2 rings (SSSR count). The van der Waals surface area contributed by atoms with Crippen LogP contribution in [0.1, 0.15) is 27.7 Å². The molecule has 1 aliphatic carbocycles. The predicted octanol–water partition coefficient (Wildman–Crippen LogP) is 2.02. The van der Waals surface area contributed by atoms with E-state index in [1.165, 1.54) is 11.2 Å². The van der Waals surface area contributed by atoms with Crippen molar-refractivity contribution >= 4 is 18.4 Å². The number of rotatable bonds is 2. The van der Waals surface area contributed by atoms with E-state index in [1.54, 1.807) is 39.8 Å². The Labute approximate surface area is 117 Å². The van der Waals surface area contributed by atoms with Gasteiger partial charge in [0.05, 0.1) is 17.9 Å². The van der Waals surface area contributed by atoms with Crippen LogP contribution >= 0.6 is 0 Å². The molecule has 0 aromatic carbocycles. The zero-order valence-electron chi connectivity index (χ0n) is 12.0. The summed E-state index contributed by atoms with van der Waals surface area (Å²) in [6.45, 7) is 7.44. The second-order valence-corrected chi connectivity index (χ2v) is 5.49. The minimum absolute atomic E-state index is 0.309. The van der Waals surface area contributed by atoms with Crippen LogP contribution in [0.5, 0.6) is 0 Å². The van der Waals surface area contributed by atoms with Crippen molar-refractivity contribution in [3.63, 3.8) is 0 Å². The fraction of sp³-hybridized carbons (Fsp3) is 0.500. The van der Waals surface area contributed by atoms with Crippen molar-refractivity contribution in [2.24, 2.45) is 4.99 Å². The van der Waals surface area contributed by atoms with Crippen LogP contribution in [-0.4, -0.2) is 41.6 Å². The number of nitrogens with zero attached hydrogens (tertiary/aromatic N) is 2. The first-order chi connectivity index (χ1) is 9.31. The zero-order valence-corrected chi connectivity index (χ0v) is 12.0. The summed E-state index contributed by atoms with van der Waals surface area (Å²) < 4.78 is 10.2. The van der Waals surface area contributed by atoms with Crippen molar-refractivity contribution in [3.05, 3.63) is 23.4 Å². The van der Waals surface area contributed by atoms with Crippen LogP contribution in [0.3, 0.4) is 0 Å². The van der Waals surface area contributed by atoms with Crippen LogP contribution in [0.25, 0.3) is 0 Å². The molecule has 0 spiro atoms. The van der Waals surface area contributed by atoms with Gasteiger partial charge in [-0.2, -0.15) is 0 Å². The molecule has 0 N–H and O–H groups in total. The first kappa shape index (κ1) is 14.3. The molecule has 0 radical (unpaired) electrons. The Balaban J connectivity index is 2.11. The van der Waals surface area contributed by atoms with Crippen LogP contribution in [-0.2, 0) is 14.3 Å². The lowest BCUT2D eigenvalue weighted by atomic mass is 10.2. The summed E-state index contributed by atoms with van der Waals surface area (Å²) >= 11 is 0. The number of hydrogen-bond acceptors (Lipinski definition) is 5. The van der Waals surface area contributed by atoms with Crippen molar-refractivity contribution in [2.45, 2.75) is 39.3 Å². The normalized spacial score (nSPS) is 20.4. The van der Waals surface area contributed by atoms with E-state index in [4.69, 9.17) is 9.47 Å². The third-order valence-electron chi connectivity index (χ3n) is 2.69. The van der Waals surface area contributed by atoms with Crippen LogP contribution in [0.15, 0.2) is 28.4 Å². The van der Waals surface area contributed by atoms with E-state index in [-0.39, 0.29) is 6.04 Å². The van der Waals surface area contributed by atoms with Gasteiger partial charge in [0.1, 0.15) is 18.0 Å². The lowest BCUT2D eigenvalue weighted by Crippen LogP contribution is -2.39. The van der Waals surface area contributed by atoms with Gasteiger partial charge in [0.25, 0.3) is 0 Å². The number of ether oxygens (including phenoxy) is 2. The van der Waals surface area contributed by atoms with Gasteiger partial charge in [-0.25, -0.2) is 14.6 Å². The Kier molecular flexibility index (Phi) is 3.65. The Bertz CT molecular complexity index is 526. The standard InChI is InChI=1S/C14H18N2O4/c1-5-19-12(17)9-6-10-11(7-9)16(8-15-10)13(18)20-14(2,3)4/h6-8,11H,5H2,1-4H3. The average Bonchev–Trinajstić information content (AvgIpc) is 2.84. The summed E-state index contributed by atoms with van der Waals surface area (Å²) in [6.07, 6.45) is 4.22. The lowest BCUT2D eigenvalue weighted by molar-refractivity contribution is -0.138. The van der Waals surface area contributed by atoms with Crippen molar-refractivity contribution in [1.82, 2.24) is 4.90 Å². The largest absolute Gasteiger partial charge is 0.462 e. The second kappa shape index (κ2) is 5.11. The van der Waals surface area contributed by atoms with Crippen molar-refractivity contribution < 1.29 is 19.1 Å². The van der Waals surface area contributed by atoms with Crippen molar-refractivity contribution in [2.75, 3.05) is 6.61 Å². The molecule has 1 amide bonds. The van der Waals surface area contributed by atoms with Gasteiger partial charge in [0, 0.05) is 0 Å². The van der Waals surface area contributed by atoms with E-state index in [2.05, 4.69) is 4.99 Å². The van der Waals surface area contributed by atoms with E-state index in [1.807, 2.05) is 0 Å². The number of aliphatic imine (C=N–C) groups is 1. The Morgan fingerprint density at radius 1 is 1.40 bits per heavy atom. The molecule has 0 aromatic rings. The topological polar surface area (TPSA) is 68.2 Å². The van der Waals surface area contributed by atoms with Crippen molar-refractivity contribution in [1.29, 1.82) is 0 Å². The number of fused-ring (bicyclic) bond motifs is 1. The van der Waals surface area contributed by atoms with Crippen LogP contribution in [0.2, 0.25) is 0 Å². The summed E-state index contributed by atoms with van der Waals surface area (Å²) in [5.41, 5.74) is 0.472. The number of carbonyl (C=O) groups excluding carboxylic acids is 2. The molecule has 0 fully saturated rings. The molecular weight excluding hydrogens is 260 g/mol. The molecule has 0 aromatic heterocycles. The van der Waals surface area contributed by atoms with Gasteiger partial charge in [-0.3, -0.25) is 4.90 Å². The van der Waals surface area contributed by atoms with E-state index in [9.17, 15) is 9.59 Å². The molecule has 0 bridgehead atoms. The Hall–Kier alpha value is -2.11. The molecular formula is C14H18N2O4. The maximum absolute atomic E-state index is 12.0. The van der Waals surface area contributed by atoms with Gasteiger partial charge in [0.2, 0.25) is 0 Å². The maximum Gasteiger partial charge on any atom is 0.416 e. The van der Waals surface area contributed by atoms with E-state index in [0.29, 0.717) is 17.9 Å². The van der Waals surface area contributed by atoms with E-state index in [0.717, 1.165) is 0 Å². The first-order valence-electron chi connectivity index (χ1n) is 6.48. The predicted molar refractivity (Wildman–Crippen MR) is 73.2 cm³/mol. The molecule has 0 saturated carbocycles. The molecule has 1 heterocycles. The quantitative estimate of drug-likeness (QED) is 0.725. The third kappa shape index (κ3) is 2.89. The first-order valence-corrected chi connectivity index (χ1v) is 6.48. The van der Waals surface area contributed by atoms with E-state index < -0.39 is 17.7 Å². The average molecular weight is 278 g/mol. The van der Waals surface area contributed by atoms with Gasteiger partial charge in [-0.15, -0.1) is 0 Å². The van der Waals surface area contributed by atoms with Crippen LogP contribution in [0, 0.1) is 0 Å². The molecule has 6 nitrogen and oxygen atoms in total. The molecule has 0 saturated heterocycles. The molecule has 1 aliphatic heterocycles. The molecule has 2 aliphatic rings. The summed E-state index contributed by atoms with van der Waals surface area (Å²) in [6, 6.07) is -0.385. The van der Waals surface area contributed by atoms with Gasteiger partial charge < -0.3 is 9.47 Å². The molecule has 1 unspecified atom stereocenters. The Morgan fingerprint density at radius 3 is 2.70 bits per heavy atom. The highest BCUT2D eigenvalue weighted by Crippen LogP contribution is 2.29. The number of amides is 1. The minimum Gasteiger partial charge on any atom is -0.462 e. The smallest absolute Gasteiger partial charge is 0.416 e. The zero-order chi connectivity index (χ0) is 14.9. The summed E-state index contributed by atoms with van der Waals surface area (Å²) in [5.74, 6) is -0.409. The van der Waals surface area contributed by atoms with Gasteiger partial charge >= 0.3 is 12.1 Å². The monoisotopic (exact) mass is 278 g/mol. The van der Waals surface area contributed by atoms with Gasteiger partial charge in [-0.05, 0) is 39.8 Å². The fourth-order valence-electron chi connectivity index (χ4n) is 1.90. The van der Waals surface area contributed by atoms with Gasteiger partial charge in [-0.1, -0.05) is 0 Å². The summed E-state index contributed by atoms with van der Waals surface area (Å²) in [5, 5.41) is 0. The fourth-order valence-corrected chi connectivity index (χ4v) is 1.90. The summed E-state index contributed by atoms with van der Waals surface area (Å²) in [4.78, 5) is 29.2. The van der Waals surface area contributed by atoms with E-state index >= 15 is 0 Å². The highest BCUT2D eigenvalue weighted by Gasteiger charge is 2.36. The maximum atomic E-state index is 12.0. The molecule has 20 heavy (non-hydrogen) atoms. The van der Waals surface area contributed by atoms with Crippen molar-refractivity contribution in [3.8, 4) is 0 Å². The second-order valence-electron chi connectivity index (χ2n) is 5.49. The van der Waals surface area contributed by atoms with Crippen LogP contribution in [0.4, 0.5) is 4.79 Å². The number of carbonyl (C=O) groups is 2. The Morgan fingerprint density at radius 2 is 2.10 bits per heavy atom. The van der Waals surface area contributed by atoms with Gasteiger partial charge in [0.15, 0.2) is 0 Å². The number of esters is 1. The molecule has 1 atom stereocenters. The molecule has 108 valence electrons. The highest BCUT2D eigenvalue weighted by atomic mass is 16.6. The SMILES string of the molecule is CCOC(=O)C1=CC2C(=C1)N=CN2C(=O)OC(C)(C)C. The molecule has 6 heteroatoms. The minimum atomic E-state index is -0.580. The highest BCUT2D eigenvalue weighted by molar-refractivity contribution is 5.95. The lowest BCUT2D eigenvalue weighted by Gasteiger charge is -2.25. The number of hydrogen-bond donors (Lipinski definition) is 0. The third-order valence-corrected chi connectivity index (χ3v) is 2.69. The van der Waals surface area contributed by atoms with Crippen LogP contribution < -0.4 is 0 Å². The summed E-state index contributed by atoms with van der Waals surface area (Å²) in [7, 11) is 0.